The molecule has 0 spiro atoms. The summed E-state index contributed by atoms with van der Waals surface area (Å²) in [5, 5.41) is 14.5. The monoisotopic (exact) mass is 363 g/mol. The Morgan fingerprint density at radius 3 is 2.74 bits per heavy atom. The van der Waals surface area contributed by atoms with Gasteiger partial charge in [-0.25, -0.2) is 0 Å². The van der Waals surface area contributed by atoms with E-state index < -0.39 is 0 Å². The minimum Gasteiger partial charge on any atom is -0.454 e. The van der Waals surface area contributed by atoms with Crippen molar-refractivity contribution in [2.24, 2.45) is 0 Å². The van der Waals surface area contributed by atoms with Crippen molar-refractivity contribution in [3.63, 3.8) is 0 Å². The molecular formula is C20H21N5O2. The number of nitrogens with zero attached hydrogens (tertiary/aromatic N) is 3. The van der Waals surface area contributed by atoms with E-state index in [9.17, 15) is 0 Å². The van der Waals surface area contributed by atoms with Gasteiger partial charge in [-0.2, -0.15) is 10.1 Å². The van der Waals surface area contributed by atoms with E-state index >= 15 is 0 Å². The molecule has 27 heavy (non-hydrogen) atoms. The number of anilines is 2. The summed E-state index contributed by atoms with van der Waals surface area (Å²) in [7, 11) is 0. The molecule has 3 aromatic rings. The summed E-state index contributed by atoms with van der Waals surface area (Å²) in [6, 6.07) is 16.3. The Morgan fingerprint density at radius 2 is 1.81 bits per heavy atom. The van der Waals surface area contributed by atoms with Crippen LogP contribution in [0.4, 0.5) is 11.8 Å². The third-order valence-corrected chi connectivity index (χ3v) is 4.24. The van der Waals surface area contributed by atoms with Crippen molar-refractivity contribution in [1.82, 2.24) is 15.2 Å². The van der Waals surface area contributed by atoms with Gasteiger partial charge in [-0.3, -0.25) is 0 Å². The summed E-state index contributed by atoms with van der Waals surface area (Å²) in [5.74, 6) is 2.76. The number of rotatable bonds is 8. The molecule has 0 atom stereocenters. The van der Waals surface area contributed by atoms with E-state index in [1.165, 1.54) is 5.56 Å². The Labute approximate surface area is 157 Å². The number of ether oxygens (including phenoxy) is 2. The second-order valence-electron chi connectivity index (χ2n) is 6.22. The summed E-state index contributed by atoms with van der Waals surface area (Å²) in [6.07, 6.45) is 3.63. The SMILES string of the molecule is c1ccc(CCCNc2nncc(NCc3ccc4c(c3)OCO4)n2)cc1. The van der Waals surface area contributed by atoms with Crippen LogP contribution in [0.5, 0.6) is 11.5 Å². The lowest BCUT2D eigenvalue weighted by Gasteiger charge is -2.08. The van der Waals surface area contributed by atoms with Crippen molar-refractivity contribution < 1.29 is 9.47 Å². The van der Waals surface area contributed by atoms with Crippen LogP contribution in [-0.4, -0.2) is 28.5 Å². The van der Waals surface area contributed by atoms with Gasteiger partial charge >= 0.3 is 0 Å². The minimum atomic E-state index is 0.279. The number of hydrogen-bond acceptors (Lipinski definition) is 7. The molecule has 1 aliphatic rings. The Bertz CT molecular complexity index is 889. The maximum absolute atomic E-state index is 5.40. The van der Waals surface area contributed by atoms with E-state index in [0.717, 1.165) is 36.4 Å². The van der Waals surface area contributed by atoms with Gasteiger partial charge in [0.1, 0.15) is 0 Å². The topological polar surface area (TPSA) is 81.2 Å². The fraction of sp³-hybridized carbons (Fsp3) is 0.250. The highest BCUT2D eigenvalue weighted by atomic mass is 16.7. The van der Waals surface area contributed by atoms with Gasteiger partial charge in [-0.05, 0) is 36.1 Å². The highest BCUT2D eigenvalue weighted by molar-refractivity contribution is 5.46. The molecule has 0 unspecified atom stereocenters. The van der Waals surface area contributed by atoms with Gasteiger partial charge in [0.2, 0.25) is 12.7 Å². The Balaban J connectivity index is 1.26. The predicted octanol–water partition coefficient (Wildman–Crippen LogP) is 3.26. The summed E-state index contributed by atoms with van der Waals surface area (Å²) < 4.78 is 10.7. The zero-order chi connectivity index (χ0) is 18.3. The Morgan fingerprint density at radius 1 is 0.926 bits per heavy atom. The minimum absolute atomic E-state index is 0.279. The normalized spacial score (nSPS) is 12.0. The molecule has 7 heteroatoms. The maximum Gasteiger partial charge on any atom is 0.244 e. The van der Waals surface area contributed by atoms with Gasteiger partial charge < -0.3 is 20.1 Å². The van der Waals surface area contributed by atoms with Crippen LogP contribution in [0.3, 0.4) is 0 Å². The number of nitrogens with one attached hydrogen (secondary N) is 2. The smallest absolute Gasteiger partial charge is 0.244 e. The Kier molecular flexibility index (Phi) is 5.29. The highest BCUT2D eigenvalue weighted by Gasteiger charge is 2.13. The highest BCUT2D eigenvalue weighted by Crippen LogP contribution is 2.32. The van der Waals surface area contributed by atoms with E-state index in [2.05, 4.69) is 50.1 Å². The number of aromatic nitrogens is 3. The molecule has 0 saturated heterocycles. The van der Waals surface area contributed by atoms with Gasteiger partial charge in [-0.15, -0.1) is 5.10 Å². The van der Waals surface area contributed by atoms with Crippen LogP contribution in [-0.2, 0) is 13.0 Å². The van der Waals surface area contributed by atoms with Gasteiger partial charge in [0.15, 0.2) is 17.3 Å². The molecule has 1 aromatic heterocycles. The quantitative estimate of drug-likeness (QED) is 0.595. The van der Waals surface area contributed by atoms with Crippen molar-refractivity contribution in [2.45, 2.75) is 19.4 Å². The van der Waals surface area contributed by atoms with E-state index in [1.54, 1.807) is 6.20 Å². The third kappa shape index (κ3) is 4.63. The first kappa shape index (κ1) is 17.1. The second-order valence-corrected chi connectivity index (χ2v) is 6.22. The maximum atomic E-state index is 5.40. The number of fused-ring (bicyclic) bond motifs is 1. The van der Waals surface area contributed by atoms with Crippen LogP contribution < -0.4 is 20.1 Å². The predicted molar refractivity (Wildman–Crippen MR) is 103 cm³/mol. The van der Waals surface area contributed by atoms with Crippen LogP contribution in [0.25, 0.3) is 0 Å². The summed E-state index contributed by atoms with van der Waals surface area (Å²) >= 11 is 0. The summed E-state index contributed by atoms with van der Waals surface area (Å²) in [6.45, 7) is 1.69. The standard InChI is InChI=1S/C20H21N5O2/c1-2-5-15(6-3-1)7-4-10-21-20-24-19(13-23-25-20)22-12-16-8-9-17-18(11-16)27-14-26-17/h1-3,5-6,8-9,11,13H,4,7,10,12,14H2,(H2,21,22,24,25). The summed E-state index contributed by atoms with van der Waals surface area (Å²) in [4.78, 5) is 4.45. The van der Waals surface area contributed by atoms with Crippen LogP contribution in [0.15, 0.2) is 54.7 Å². The van der Waals surface area contributed by atoms with E-state index in [1.807, 2.05) is 24.3 Å². The average molecular weight is 363 g/mol. The van der Waals surface area contributed by atoms with Gasteiger partial charge in [0.05, 0.1) is 6.20 Å². The zero-order valence-corrected chi connectivity index (χ0v) is 14.9. The molecule has 2 N–H and O–H groups in total. The lowest BCUT2D eigenvalue weighted by molar-refractivity contribution is 0.174. The van der Waals surface area contributed by atoms with Crippen LogP contribution >= 0.6 is 0 Å². The van der Waals surface area contributed by atoms with E-state index in [0.29, 0.717) is 18.3 Å². The summed E-state index contributed by atoms with van der Waals surface area (Å²) in [5.41, 5.74) is 2.41. The van der Waals surface area contributed by atoms with Crippen LogP contribution in [0.2, 0.25) is 0 Å². The molecule has 0 saturated carbocycles. The number of aryl methyl sites for hydroxylation is 1. The van der Waals surface area contributed by atoms with Crippen molar-refractivity contribution >= 4 is 11.8 Å². The van der Waals surface area contributed by atoms with Gasteiger partial charge in [0.25, 0.3) is 0 Å². The lowest BCUT2D eigenvalue weighted by Crippen LogP contribution is -2.09. The molecule has 138 valence electrons. The lowest BCUT2D eigenvalue weighted by atomic mass is 10.1. The fourth-order valence-electron chi connectivity index (χ4n) is 2.84. The molecule has 0 radical (unpaired) electrons. The van der Waals surface area contributed by atoms with E-state index in [4.69, 9.17) is 9.47 Å². The molecule has 7 nitrogen and oxygen atoms in total. The first-order valence-electron chi connectivity index (χ1n) is 8.97. The van der Waals surface area contributed by atoms with Crippen LogP contribution in [0, 0.1) is 0 Å². The largest absolute Gasteiger partial charge is 0.454 e. The van der Waals surface area contributed by atoms with Gasteiger partial charge in [0, 0.05) is 13.1 Å². The molecular weight excluding hydrogens is 342 g/mol. The molecule has 0 fully saturated rings. The second kappa shape index (κ2) is 8.35. The number of benzene rings is 2. The third-order valence-electron chi connectivity index (χ3n) is 4.24. The van der Waals surface area contributed by atoms with Crippen molar-refractivity contribution in [2.75, 3.05) is 24.0 Å². The molecule has 0 bridgehead atoms. The van der Waals surface area contributed by atoms with E-state index in [-0.39, 0.29) is 6.79 Å². The molecule has 4 rings (SSSR count). The van der Waals surface area contributed by atoms with Crippen LogP contribution in [0.1, 0.15) is 17.5 Å². The fourth-order valence-corrected chi connectivity index (χ4v) is 2.84. The first-order valence-corrected chi connectivity index (χ1v) is 8.97. The molecule has 2 aromatic carbocycles. The molecule has 0 aliphatic carbocycles. The number of hydrogen-bond donors (Lipinski definition) is 2. The average Bonchev–Trinajstić information content (AvgIpc) is 3.19. The zero-order valence-electron chi connectivity index (χ0n) is 14.9. The van der Waals surface area contributed by atoms with Crippen molar-refractivity contribution in [1.29, 1.82) is 0 Å². The Hall–Kier alpha value is -3.35. The molecule has 0 amide bonds. The van der Waals surface area contributed by atoms with Crippen molar-refractivity contribution in [3.8, 4) is 11.5 Å². The first-order chi connectivity index (χ1) is 13.4. The molecule has 2 heterocycles. The van der Waals surface area contributed by atoms with Crippen molar-refractivity contribution in [3.05, 3.63) is 65.9 Å². The molecule has 1 aliphatic heterocycles. The van der Waals surface area contributed by atoms with Gasteiger partial charge in [-0.1, -0.05) is 36.4 Å².